The van der Waals surface area contributed by atoms with Crippen LogP contribution in [0, 0.1) is 6.92 Å². The number of nitrogens with two attached hydrogens (primary N) is 1. The summed E-state index contributed by atoms with van der Waals surface area (Å²) in [6, 6.07) is 5.09. The number of rotatable bonds is 3. The first-order valence-corrected chi connectivity index (χ1v) is 9.64. The van der Waals surface area contributed by atoms with Crippen LogP contribution in [0.25, 0.3) is 0 Å². The average molecular weight is 318 g/mol. The molecule has 0 radical (unpaired) electrons. The Balaban J connectivity index is 2.18. The van der Waals surface area contributed by atoms with Gasteiger partial charge in [-0.15, -0.1) is 0 Å². The first kappa shape index (κ1) is 15.1. The van der Waals surface area contributed by atoms with Gasteiger partial charge in [-0.2, -0.15) is 0 Å². The molecule has 1 aromatic rings. The van der Waals surface area contributed by atoms with E-state index in [1.165, 1.54) is 0 Å². The molecule has 0 saturated carbocycles. The van der Waals surface area contributed by atoms with E-state index < -0.39 is 25.1 Å². The molecule has 1 fully saturated rings. The Labute approximate surface area is 119 Å². The molecule has 20 heavy (non-hydrogen) atoms. The number of nitrogen functional groups attached to an aromatic ring is 1. The summed E-state index contributed by atoms with van der Waals surface area (Å²) in [6.07, 6.45) is 0.257. The van der Waals surface area contributed by atoms with Crippen molar-refractivity contribution in [2.24, 2.45) is 0 Å². The Morgan fingerprint density at radius 1 is 1.25 bits per heavy atom. The first-order valence-electron chi connectivity index (χ1n) is 6.28. The number of aryl methyl sites for hydroxylation is 1. The zero-order valence-electron chi connectivity index (χ0n) is 11.2. The Bertz CT molecular complexity index is 697. The van der Waals surface area contributed by atoms with Crippen molar-refractivity contribution in [3.05, 3.63) is 23.8 Å². The number of hydrogen-bond acceptors (Lipinski definition) is 5. The van der Waals surface area contributed by atoms with Gasteiger partial charge in [-0.25, -0.2) is 16.8 Å². The van der Waals surface area contributed by atoms with Crippen LogP contribution in [-0.4, -0.2) is 33.6 Å². The van der Waals surface area contributed by atoms with Crippen molar-refractivity contribution >= 4 is 31.2 Å². The normalized spacial score (nSPS) is 19.6. The van der Waals surface area contributed by atoms with Crippen LogP contribution in [0.15, 0.2) is 18.2 Å². The first-order chi connectivity index (χ1) is 9.20. The van der Waals surface area contributed by atoms with Crippen LogP contribution >= 0.6 is 0 Å². The standard InChI is InChI=1S/C12H18N2O4S2/c1-9-2-3-11(13)12(8-9)14-20(17,18)10-4-6-19(15,16)7-5-10/h2-3,8,10,14H,4-7,13H2,1H3. The van der Waals surface area contributed by atoms with E-state index in [4.69, 9.17) is 5.73 Å². The lowest BCUT2D eigenvalue weighted by molar-refractivity contribution is 0.555. The van der Waals surface area contributed by atoms with Crippen LogP contribution in [0.4, 0.5) is 11.4 Å². The molecule has 2 rings (SSSR count). The molecule has 112 valence electrons. The zero-order chi connectivity index (χ0) is 15.0. The molecular formula is C12H18N2O4S2. The van der Waals surface area contributed by atoms with Crippen LogP contribution in [0.5, 0.6) is 0 Å². The van der Waals surface area contributed by atoms with Crippen molar-refractivity contribution in [1.82, 2.24) is 0 Å². The molecule has 1 aromatic carbocycles. The van der Waals surface area contributed by atoms with Crippen molar-refractivity contribution in [1.29, 1.82) is 0 Å². The summed E-state index contributed by atoms with van der Waals surface area (Å²) >= 11 is 0. The highest BCUT2D eigenvalue weighted by Gasteiger charge is 2.33. The van der Waals surface area contributed by atoms with E-state index in [1.54, 1.807) is 18.2 Å². The predicted octanol–water partition coefficient (Wildman–Crippen LogP) is 0.896. The molecule has 1 aliphatic heterocycles. The van der Waals surface area contributed by atoms with Gasteiger partial charge in [0.2, 0.25) is 10.0 Å². The molecule has 0 unspecified atom stereocenters. The van der Waals surface area contributed by atoms with E-state index in [-0.39, 0.29) is 24.3 Å². The maximum atomic E-state index is 12.3. The summed E-state index contributed by atoms with van der Waals surface area (Å²) in [7, 11) is -6.70. The minimum absolute atomic E-state index is 0.0815. The molecule has 1 heterocycles. The Morgan fingerprint density at radius 2 is 1.85 bits per heavy atom. The molecule has 0 aromatic heterocycles. The van der Waals surface area contributed by atoms with Gasteiger partial charge in [-0.1, -0.05) is 6.07 Å². The molecule has 0 atom stereocenters. The molecule has 0 spiro atoms. The monoisotopic (exact) mass is 318 g/mol. The number of hydrogen-bond donors (Lipinski definition) is 2. The second-order valence-electron chi connectivity index (χ2n) is 5.09. The Morgan fingerprint density at radius 3 is 2.45 bits per heavy atom. The lowest BCUT2D eigenvalue weighted by atomic mass is 10.2. The molecule has 6 nitrogen and oxygen atoms in total. The summed E-state index contributed by atoms with van der Waals surface area (Å²) in [6.45, 7) is 1.84. The van der Waals surface area contributed by atoms with Gasteiger partial charge in [-0.3, -0.25) is 4.72 Å². The summed E-state index contributed by atoms with van der Waals surface area (Å²) in [5.41, 5.74) is 7.33. The minimum atomic E-state index is -3.62. The van der Waals surface area contributed by atoms with Gasteiger partial charge in [0.15, 0.2) is 0 Å². The van der Waals surface area contributed by atoms with Gasteiger partial charge >= 0.3 is 0 Å². The lowest BCUT2D eigenvalue weighted by Gasteiger charge is -2.23. The third kappa shape index (κ3) is 3.43. The van der Waals surface area contributed by atoms with E-state index >= 15 is 0 Å². The van der Waals surface area contributed by atoms with Crippen LogP contribution in [0.3, 0.4) is 0 Å². The molecule has 3 N–H and O–H groups in total. The number of sulfone groups is 1. The summed E-state index contributed by atoms with van der Waals surface area (Å²) in [5, 5.41) is -0.689. The minimum Gasteiger partial charge on any atom is -0.397 e. The lowest BCUT2D eigenvalue weighted by Crippen LogP contribution is -2.36. The number of benzene rings is 1. The molecule has 8 heteroatoms. The highest BCUT2D eigenvalue weighted by Crippen LogP contribution is 2.25. The van der Waals surface area contributed by atoms with Gasteiger partial charge in [0.25, 0.3) is 0 Å². The van der Waals surface area contributed by atoms with Crippen molar-refractivity contribution in [2.75, 3.05) is 22.0 Å². The smallest absolute Gasteiger partial charge is 0.235 e. The second-order valence-corrected chi connectivity index (χ2v) is 9.35. The number of nitrogens with one attached hydrogen (secondary N) is 1. The van der Waals surface area contributed by atoms with Gasteiger partial charge < -0.3 is 5.73 Å². The molecule has 1 aliphatic rings. The molecule has 0 amide bonds. The average Bonchev–Trinajstić information content (AvgIpc) is 2.33. The summed E-state index contributed by atoms with van der Waals surface area (Å²) in [5.74, 6) is -0.163. The van der Waals surface area contributed by atoms with Crippen LogP contribution in [0.2, 0.25) is 0 Å². The maximum absolute atomic E-state index is 12.3. The number of anilines is 2. The topological polar surface area (TPSA) is 106 Å². The summed E-state index contributed by atoms with van der Waals surface area (Å²) < 4.78 is 49.7. The maximum Gasteiger partial charge on any atom is 0.235 e. The predicted molar refractivity (Wildman–Crippen MR) is 79.8 cm³/mol. The molecule has 0 bridgehead atoms. The molecular weight excluding hydrogens is 300 g/mol. The fourth-order valence-corrected chi connectivity index (χ4v) is 5.47. The zero-order valence-corrected chi connectivity index (χ0v) is 12.8. The Kier molecular flexibility index (Phi) is 3.97. The second kappa shape index (κ2) is 5.25. The van der Waals surface area contributed by atoms with Gasteiger partial charge in [0.1, 0.15) is 9.84 Å². The SMILES string of the molecule is Cc1ccc(N)c(NS(=O)(=O)C2CCS(=O)(=O)CC2)c1. The quantitative estimate of drug-likeness (QED) is 0.805. The fourth-order valence-electron chi connectivity index (χ4n) is 2.17. The van der Waals surface area contributed by atoms with E-state index in [0.717, 1.165) is 5.56 Å². The van der Waals surface area contributed by atoms with Gasteiger partial charge in [-0.05, 0) is 37.5 Å². The summed E-state index contributed by atoms with van der Waals surface area (Å²) in [4.78, 5) is 0. The van der Waals surface area contributed by atoms with Crippen LogP contribution in [-0.2, 0) is 19.9 Å². The van der Waals surface area contributed by atoms with Gasteiger partial charge in [0, 0.05) is 0 Å². The molecule has 1 saturated heterocycles. The Hall–Kier alpha value is -1.28. The van der Waals surface area contributed by atoms with Crippen molar-refractivity contribution in [2.45, 2.75) is 25.0 Å². The highest BCUT2D eigenvalue weighted by molar-refractivity contribution is 7.94. The third-order valence-corrected chi connectivity index (χ3v) is 6.97. The van der Waals surface area contributed by atoms with E-state index in [0.29, 0.717) is 11.4 Å². The third-order valence-electron chi connectivity index (χ3n) is 3.40. The molecule has 0 aliphatic carbocycles. The van der Waals surface area contributed by atoms with Crippen LogP contribution < -0.4 is 10.5 Å². The van der Waals surface area contributed by atoms with E-state index in [1.807, 2.05) is 6.92 Å². The van der Waals surface area contributed by atoms with Gasteiger partial charge in [0.05, 0.1) is 28.1 Å². The highest BCUT2D eigenvalue weighted by atomic mass is 32.2. The fraction of sp³-hybridized carbons (Fsp3) is 0.500. The van der Waals surface area contributed by atoms with Crippen LogP contribution in [0.1, 0.15) is 18.4 Å². The number of sulfonamides is 1. The van der Waals surface area contributed by atoms with Crippen molar-refractivity contribution in [3.8, 4) is 0 Å². The van der Waals surface area contributed by atoms with E-state index in [9.17, 15) is 16.8 Å². The van der Waals surface area contributed by atoms with Crippen molar-refractivity contribution < 1.29 is 16.8 Å². The van der Waals surface area contributed by atoms with E-state index in [2.05, 4.69) is 4.72 Å². The largest absolute Gasteiger partial charge is 0.397 e. The van der Waals surface area contributed by atoms with Crippen molar-refractivity contribution in [3.63, 3.8) is 0 Å².